The molecule has 5 nitrogen and oxygen atoms in total. The highest BCUT2D eigenvalue weighted by molar-refractivity contribution is 5.81. The van der Waals surface area contributed by atoms with Gasteiger partial charge >= 0.3 is 0 Å². The Hall–Kier alpha value is -2.11. The van der Waals surface area contributed by atoms with Crippen LogP contribution in [0.2, 0.25) is 0 Å². The second-order valence-corrected chi connectivity index (χ2v) is 5.95. The van der Waals surface area contributed by atoms with Gasteiger partial charge in [-0.3, -0.25) is 9.79 Å². The van der Waals surface area contributed by atoms with Crippen molar-refractivity contribution in [1.29, 1.82) is 0 Å². The fourth-order valence-corrected chi connectivity index (χ4v) is 2.48. The van der Waals surface area contributed by atoms with Crippen LogP contribution in [0.25, 0.3) is 0 Å². The third-order valence-electron chi connectivity index (χ3n) is 4.11. The van der Waals surface area contributed by atoms with Crippen molar-refractivity contribution in [3.8, 4) is 0 Å². The van der Waals surface area contributed by atoms with E-state index in [4.69, 9.17) is 0 Å². The van der Waals surface area contributed by atoms with Crippen LogP contribution in [0, 0.1) is 12.7 Å². The molecule has 0 aromatic heterocycles. The summed E-state index contributed by atoms with van der Waals surface area (Å²) in [7, 11) is 0. The van der Waals surface area contributed by atoms with E-state index in [1.54, 1.807) is 24.0 Å². The zero-order valence-electron chi connectivity index (χ0n) is 16.0. The molecule has 0 saturated carbocycles. The third kappa shape index (κ3) is 6.72. The number of guanidine groups is 1. The number of hydrogen-bond acceptors (Lipinski definition) is 2. The van der Waals surface area contributed by atoms with Crippen molar-refractivity contribution >= 4 is 11.9 Å². The van der Waals surface area contributed by atoms with Gasteiger partial charge in [-0.2, -0.15) is 0 Å². The lowest BCUT2D eigenvalue weighted by atomic mass is 10.1. The van der Waals surface area contributed by atoms with Crippen molar-refractivity contribution in [1.82, 2.24) is 15.5 Å². The van der Waals surface area contributed by atoms with Crippen LogP contribution >= 0.6 is 0 Å². The van der Waals surface area contributed by atoms with Gasteiger partial charge in [0.1, 0.15) is 5.82 Å². The fourth-order valence-electron chi connectivity index (χ4n) is 2.48. The number of carbonyl (C=O) groups excluding carboxylic acids is 1. The molecule has 0 radical (unpaired) electrons. The number of carbonyl (C=O) groups is 1. The molecule has 1 aromatic carbocycles. The monoisotopic (exact) mass is 350 g/mol. The molecular formula is C19H31FN4O. The molecule has 2 N–H and O–H groups in total. The number of nitrogens with one attached hydrogen (secondary N) is 2. The van der Waals surface area contributed by atoms with Gasteiger partial charge in [-0.1, -0.05) is 12.1 Å². The Morgan fingerprint density at radius 1 is 1.28 bits per heavy atom. The summed E-state index contributed by atoms with van der Waals surface area (Å²) in [6, 6.07) is 5.13. The van der Waals surface area contributed by atoms with E-state index in [1.165, 1.54) is 0 Å². The summed E-state index contributed by atoms with van der Waals surface area (Å²) in [5, 5.41) is 6.42. The van der Waals surface area contributed by atoms with Gasteiger partial charge in [0.15, 0.2) is 5.96 Å². The average molecular weight is 350 g/mol. The topological polar surface area (TPSA) is 56.7 Å². The molecular weight excluding hydrogens is 319 g/mol. The van der Waals surface area contributed by atoms with Crippen LogP contribution in [0.3, 0.4) is 0 Å². The van der Waals surface area contributed by atoms with Crippen LogP contribution in [0.5, 0.6) is 0 Å². The van der Waals surface area contributed by atoms with Gasteiger partial charge in [0.2, 0.25) is 5.91 Å². The SMILES string of the molecule is CCNC(=NCCC(=O)N(CC)CC)NC(C)c1ccc(C)c(F)c1. The number of rotatable bonds is 8. The Morgan fingerprint density at radius 3 is 2.52 bits per heavy atom. The lowest BCUT2D eigenvalue weighted by molar-refractivity contribution is -0.130. The Balaban J connectivity index is 2.68. The second kappa shape index (κ2) is 10.7. The van der Waals surface area contributed by atoms with Crippen LogP contribution in [0.4, 0.5) is 4.39 Å². The largest absolute Gasteiger partial charge is 0.357 e. The number of amides is 1. The van der Waals surface area contributed by atoms with Crippen LogP contribution < -0.4 is 10.6 Å². The zero-order valence-corrected chi connectivity index (χ0v) is 16.0. The highest BCUT2D eigenvalue weighted by Gasteiger charge is 2.11. The van der Waals surface area contributed by atoms with Crippen LogP contribution in [-0.4, -0.2) is 42.9 Å². The Morgan fingerprint density at radius 2 is 1.96 bits per heavy atom. The van der Waals surface area contributed by atoms with Crippen molar-refractivity contribution in [2.45, 2.75) is 47.1 Å². The molecule has 0 bridgehead atoms. The Labute approximate surface area is 150 Å². The van der Waals surface area contributed by atoms with E-state index in [0.29, 0.717) is 44.1 Å². The summed E-state index contributed by atoms with van der Waals surface area (Å²) < 4.78 is 13.7. The molecule has 0 spiro atoms. The van der Waals surface area contributed by atoms with Gasteiger partial charge < -0.3 is 15.5 Å². The van der Waals surface area contributed by atoms with Crippen molar-refractivity contribution in [2.24, 2.45) is 4.99 Å². The molecule has 6 heteroatoms. The minimum absolute atomic E-state index is 0.0913. The van der Waals surface area contributed by atoms with Gasteiger partial charge in [-0.05, 0) is 51.8 Å². The molecule has 1 unspecified atom stereocenters. The number of halogens is 1. The van der Waals surface area contributed by atoms with Gasteiger partial charge in [-0.25, -0.2) is 4.39 Å². The number of aliphatic imine (C=N–C) groups is 1. The predicted octanol–water partition coefficient (Wildman–Crippen LogP) is 3.01. The lowest BCUT2D eigenvalue weighted by Gasteiger charge is -2.20. The lowest BCUT2D eigenvalue weighted by Crippen LogP contribution is -2.39. The predicted molar refractivity (Wildman–Crippen MR) is 101 cm³/mol. The average Bonchev–Trinajstić information content (AvgIpc) is 2.58. The molecule has 0 saturated heterocycles. The first-order valence-electron chi connectivity index (χ1n) is 9.01. The van der Waals surface area contributed by atoms with Gasteiger partial charge in [-0.15, -0.1) is 0 Å². The van der Waals surface area contributed by atoms with E-state index in [1.807, 2.05) is 33.8 Å². The number of aryl methyl sites for hydroxylation is 1. The summed E-state index contributed by atoms with van der Waals surface area (Å²) in [5.74, 6) is 0.527. The standard InChI is InChI=1S/C19H31FN4O/c1-6-21-19(22-12-11-18(25)24(7-2)8-3)23-15(5)16-10-9-14(4)17(20)13-16/h9-10,13,15H,6-8,11-12H2,1-5H3,(H2,21,22,23). The minimum Gasteiger partial charge on any atom is -0.357 e. The summed E-state index contributed by atoms with van der Waals surface area (Å²) in [5.41, 5.74) is 1.49. The number of nitrogens with zero attached hydrogens (tertiary/aromatic N) is 2. The third-order valence-corrected chi connectivity index (χ3v) is 4.11. The minimum atomic E-state index is -0.210. The van der Waals surface area contributed by atoms with E-state index in [2.05, 4.69) is 15.6 Å². The maximum Gasteiger partial charge on any atom is 0.224 e. The van der Waals surface area contributed by atoms with E-state index in [9.17, 15) is 9.18 Å². The number of benzene rings is 1. The van der Waals surface area contributed by atoms with Gasteiger partial charge in [0, 0.05) is 26.1 Å². The van der Waals surface area contributed by atoms with Crippen LogP contribution in [-0.2, 0) is 4.79 Å². The molecule has 0 aliphatic rings. The van der Waals surface area contributed by atoms with Crippen molar-refractivity contribution < 1.29 is 9.18 Å². The fraction of sp³-hybridized carbons (Fsp3) is 0.579. The molecule has 1 amide bonds. The summed E-state index contributed by atoms with van der Waals surface area (Å²) >= 11 is 0. The van der Waals surface area contributed by atoms with Crippen molar-refractivity contribution in [3.05, 3.63) is 35.1 Å². The van der Waals surface area contributed by atoms with E-state index >= 15 is 0 Å². The van der Waals surface area contributed by atoms with Crippen LogP contribution in [0.1, 0.15) is 51.3 Å². The first kappa shape index (κ1) is 20.9. The number of hydrogen-bond donors (Lipinski definition) is 2. The normalized spacial score (nSPS) is 12.6. The molecule has 140 valence electrons. The van der Waals surface area contributed by atoms with E-state index in [0.717, 1.165) is 5.56 Å². The molecule has 0 heterocycles. The van der Waals surface area contributed by atoms with E-state index in [-0.39, 0.29) is 17.8 Å². The summed E-state index contributed by atoms with van der Waals surface area (Å²) in [6.07, 6.45) is 0.381. The maximum absolute atomic E-state index is 13.7. The summed E-state index contributed by atoms with van der Waals surface area (Å²) in [6.45, 7) is 12.2. The van der Waals surface area contributed by atoms with Gasteiger partial charge in [0.25, 0.3) is 0 Å². The molecule has 25 heavy (non-hydrogen) atoms. The van der Waals surface area contributed by atoms with E-state index < -0.39 is 0 Å². The first-order valence-corrected chi connectivity index (χ1v) is 9.01. The second-order valence-electron chi connectivity index (χ2n) is 5.95. The molecule has 0 aliphatic heterocycles. The maximum atomic E-state index is 13.7. The summed E-state index contributed by atoms with van der Waals surface area (Å²) in [4.78, 5) is 18.3. The molecule has 0 fully saturated rings. The quantitative estimate of drug-likeness (QED) is 0.560. The van der Waals surface area contributed by atoms with Crippen molar-refractivity contribution in [2.75, 3.05) is 26.2 Å². The molecule has 1 atom stereocenters. The zero-order chi connectivity index (χ0) is 18.8. The molecule has 0 aliphatic carbocycles. The van der Waals surface area contributed by atoms with Crippen LogP contribution in [0.15, 0.2) is 23.2 Å². The Kier molecular flexibility index (Phi) is 8.95. The highest BCUT2D eigenvalue weighted by atomic mass is 19.1. The van der Waals surface area contributed by atoms with Gasteiger partial charge in [0.05, 0.1) is 12.6 Å². The molecule has 1 rings (SSSR count). The van der Waals surface area contributed by atoms with Crippen molar-refractivity contribution in [3.63, 3.8) is 0 Å². The Bertz CT molecular complexity index is 585. The molecule has 1 aromatic rings. The smallest absolute Gasteiger partial charge is 0.224 e. The highest BCUT2D eigenvalue weighted by Crippen LogP contribution is 2.16. The first-order chi connectivity index (χ1) is 11.9.